The van der Waals surface area contributed by atoms with Gasteiger partial charge in [0.2, 0.25) is 5.91 Å². The zero-order valence-electron chi connectivity index (χ0n) is 10.8. The highest BCUT2D eigenvalue weighted by atomic mass is 16.2. The Balaban J connectivity index is 2.56. The quantitative estimate of drug-likeness (QED) is 0.751. The van der Waals surface area contributed by atoms with Gasteiger partial charge in [-0.25, -0.2) is 0 Å². The van der Waals surface area contributed by atoms with E-state index in [-0.39, 0.29) is 11.9 Å². The summed E-state index contributed by atoms with van der Waals surface area (Å²) in [6, 6.07) is 0.658. The second-order valence-corrected chi connectivity index (χ2v) is 4.92. The number of nitrogens with two attached hydrogens (primary N) is 1. The van der Waals surface area contributed by atoms with Gasteiger partial charge in [0.25, 0.3) is 0 Å². The SMILES string of the molecule is CCCN(CC(=O)N(C)C)C1CCCC1N. The zero-order valence-corrected chi connectivity index (χ0v) is 10.8. The number of hydrogen-bond acceptors (Lipinski definition) is 3. The van der Waals surface area contributed by atoms with Gasteiger partial charge in [-0.1, -0.05) is 13.3 Å². The first kappa shape index (κ1) is 13.5. The van der Waals surface area contributed by atoms with Crippen molar-refractivity contribution >= 4 is 5.91 Å². The lowest BCUT2D eigenvalue weighted by Gasteiger charge is -2.31. The number of rotatable bonds is 5. The molecule has 0 bridgehead atoms. The van der Waals surface area contributed by atoms with E-state index >= 15 is 0 Å². The molecule has 0 aromatic rings. The molecular formula is C12H25N3O. The van der Waals surface area contributed by atoms with Crippen LogP contribution in [0.3, 0.4) is 0 Å². The first-order valence-electron chi connectivity index (χ1n) is 6.26. The average Bonchev–Trinajstić information content (AvgIpc) is 2.63. The summed E-state index contributed by atoms with van der Waals surface area (Å²) in [5.41, 5.74) is 6.10. The summed E-state index contributed by atoms with van der Waals surface area (Å²) in [4.78, 5) is 15.7. The molecule has 0 aromatic heterocycles. The summed E-state index contributed by atoms with van der Waals surface area (Å²) in [5, 5.41) is 0. The van der Waals surface area contributed by atoms with Gasteiger partial charge < -0.3 is 10.6 Å². The fraction of sp³-hybridized carbons (Fsp3) is 0.917. The second-order valence-electron chi connectivity index (χ2n) is 4.92. The number of carbonyl (C=O) groups excluding carboxylic acids is 1. The molecule has 4 nitrogen and oxygen atoms in total. The molecule has 1 rings (SSSR count). The average molecular weight is 227 g/mol. The highest BCUT2D eigenvalue weighted by Gasteiger charge is 2.30. The maximum atomic E-state index is 11.7. The van der Waals surface area contributed by atoms with Gasteiger partial charge in [-0.3, -0.25) is 9.69 Å². The monoisotopic (exact) mass is 227 g/mol. The molecule has 0 heterocycles. The highest BCUT2D eigenvalue weighted by Crippen LogP contribution is 2.22. The standard InChI is InChI=1S/C12H25N3O/c1-4-8-15(9-12(16)14(2)3)11-7-5-6-10(11)13/h10-11H,4-9,13H2,1-3H3. The topological polar surface area (TPSA) is 49.6 Å². The second kappa shape index (κ2) is 6.21. The molecule has 2 atom stereocenters. The number of nitrogens with zero attached hydrogens (tertiary/aromatic N) is 2. The van der Waals surface area contributed by atoms with Crippen molar-refractivity contribution in [2.75, 3.05) is 27.2 Å². The Kier molecular flexibility index (Phi) is 5.22. The molecule has 1 saturated carbocycles. The van der Waals surface area contributed by atoms with Crippen molar-refractivity contribution in [2.45, 2.75) is 44.7 Å². The van der Waals surface area contributed by atoms with E-state index in [2.05, 4.69) is 11.8 Å². The minimum absolute atomic E-state index is 0.174. The number of likely N-dealkylation sites (N-methyl/N-ethyl adjacent to an activating group) is 1. The number of carbonyl (C=O) groups is 1. The van der Waals surface area contributed by atoms with E-state index in [4.69, 9.17) is 5.73 Å². The van der Waals surface area contributed by atoms with Crippen LogP contribution in [0.5, 0.6) is 0 Å². The van der Waals surface area contributed by atoms with Crippen molar-refractivity contribution in [3.8, 4) is 0 Å². The van der Waals surface area contributed by atoms with Crippen LogP contribution < -0.4 is 5.73 Å². The maximum Gasteiger partial charge on any atom is 0.236 e. The van der Waals surface area contributed by atoms with E-state index in [1.165, 1.54) is 6.42 Å². The largest absolute Gasteiger partial charge is 0.348 e. The summed E-state index contributed by atoms with van der Waals surface area (Å²) < 4.78 is 0. The van der Waals surface area contributed by atoms with Crippen LogP contribution >= 0.6 is 0 Å². The lowest BCUT2D eigenvalue weighted by atomic mass is 10.1. The molecule has 0 aromatic carbocycles. The van der Waals surface area contributed by atoms with Crippen LogP contribution in [0, 0.1) is 0 Å². The molecule has 1 amide bonds. The van der Waals surface area contributed by atoms with Gasteiger partial charge in [-0.05, 0) is 25.8 Å². The maximum absolute atomic E-state index is 11.7. The van der Waals surface area contributed by atoms with E-state index in [0.29, 0.717) is 12.6 Å². The Morgan fingerprint density at radius 1 is 1.38 bits per heavy atom. The van der Waals surface area contributed by atoms with Crippen molar-refractivity contribution in [1.29, 1.82) is 0 Å². The first-order chi connectivity index (χ1) is 7.56. The predicted molar refractivity (Wildman–Crippen MR) is 66.2 cm³/mol. The highest BCUT2D eigenvalue weighted by molar-refractivity contribution is 5.77. The lowest BCUT2D eigenvalue weighted by molar-refractivity contribution is -0.130. The minimum atomic E-state index is 0.174. The Morgan fingerprint density at radius 3 is 2.50 bits per heavy atom. The number of amides is 1. The van der Waals surface area contributed by atoms with Crippen LogP contribution in [0.4, 0.5) is 0 Å². The van der Waals surface area contributed by atoms with Gasteiger partial charge in [-0.2, -0.15) is 0 Å². The smallest absolute Gasteiger partial charge is 0.236 e. The van der Waals surface area contributed by atoms with Gasteiger partial charge in [0, 0.05) is 26.2 Å². The molecule has 1 fully saturated rings. The molecule has 0 aliphatic heterocycles. The fourth-order valence-corrected chi connectivity index (χ4v) is 2.39. The van der Waals surface area contributed by atoms with Crippen molar-refractivity contribution in [3.63, 3.8) is 0 Å². The molecular weight excluding hydrogens is 202 g/mol. The first-order valence-corrected chi connectivity index (χ1v) is 6.26. The minimum Gasteiger partial charge on any atom is -0.348 e. The van der Waals surface area contributed by atoms with Crippen molar-refractivity contribution in [1.82, 2.24) is 9.80 Å². The third-order valence-electron chi connectivity index (χ3n) is 3.35. The Hall–Kier alpha value is -0.610. The van der Waals surface area contributed by atoms with Crippen LogP contribution in [-0.4, -0.2) is 55.0 Å². The number of hydrogen-bond donors (Lipinski definition) is 1. The van der Waals surface area contributed by atoms with Crippen molar-refractivity contribution < 1.29 is 4.79 Å². The molecule has 4 heteroatoms. The summed E-state index contributed by atoms with van der Waals surface area (Å²) in [5.74, 6) is 0.174. The molecule has 0 spiro atoms. The van der Waals surface area contributed by atoms with E-state index in [9.17, 15) is 4.79 Å². The molecule has 2 N–H and O–H groups in total. The Morgan fingerprint density at radius 2 is 2.06 bits per heavy atom. The van der Waals surface area contributed by atoms with Crippen LogP contribution in [0.25, 0.3) is 0 Å². The Bertz CT molecular complexity index is 230. The van der Waals surface area contributed by atoms with Gasteiger partial charge in [0.1, 0.15) is 0 Å². The summed E-state index contributed by atoms with van der Waals surface area (Å²) >= 11 is 0. The molecule has 2 unspecified atom stereocenters. The molecule has 1 aliphatic carbocycles. The van der Waals surface area contributed by atoms with E-state index in [1.807, 2.05) is 0 Å². The normalized spacial score (nSPS) is 25.1. The van der Waals surface area contributed by atoms with Gasteiger partial charge in [0.15, 0.2) is 0 Å². The molecule has 16 heavy (non-hydrogen) atoms. The van der Waals surface area contributed by atoms with E-state index in [0.717, 1.165) is 25.8 Å². The molecule has 94 valence electrons. The summed E-state index contributed by atoms with van der Waals surface area (Å²) in [7, 11) is 3.61. The van der Waals surface area contributed by atoms with Crippen molar-refractivity contribution in [3.05, 3.63) is 0 Å². The van der Waals surface area contributed by atoms with E-state index < -0.39 is 0 Å². The third-order valence-corrected chi connectivity index (χ3v) is 3.35. The lowest BCUT2D eigenvalue weighted by Crippen LogP contribution is -2.48. The third kappa shape index (κ3) is 3.46. The van der Waals surface area contributed by atoms with Crippen LogP contribution in [0.15, 0.2) is 0 Å². The van der Waals surface area contributed by atoms with Crippen molar-refractivity contribution in [2.24, 2.45) is 5.73 Å². The molecule has 1 aliphatic rings. The zero-order chi connectivity index (χ0) is 12.1. The van der Waals surface area contributed by atoms with Gasteiger partial charge in [0.05, 0.1) is 6.54 Å². The Labute approximate surface area is 98.8 Å². The van der Waals surface area contributed by atoms with Crippen LogP contribution in [0.1, 0.15) is 32.6 Å². The van der Waals surface area contributed by atoms with Crippen LogP contribution in [0.2, 0.25) is 0 Å². The molecule has 0 radical (unpaired) electrons. The summed E-state index contributed by atoms with van der Waals surface area (Å²) in [6.45, 7) is 3.63. The van der Waals surface area contributed by atoms with Gasteiger partial charge in [-0.15, -0.1) is 0 Å². The van der Waals surface area contributed by atoms with Crippen LogP contribution in [-0.2, 0) is 4.79 Å². The fourth-order valence-electron chi connectivity index (χ4n) is 2.39. The van der Waals surface area contributed by atoms with Gasteiger partial charge >= 0.3 is 0 Å². The van der Waals surface area contributed by atoms with E-state index in [1.54, 1.807) is 19.0 Å². The summed E-state index contributed by atoms with van der Waals surface area (Å²) in [6.07, 6.45) is 4.51. The molecule has 0 saturated heterocycles. The predicted octanol–water partition coefficient (Wildman–Crippen LogP) is 0.666.